The van der Waals surface area contributed by atoms with Crippen LogP contribution in [0.4, 0.5) is 36.4 Å². The first-order valence-electron chi connectivity index (χ1n) is 9.45. The first-order chi connectivity index (χ1) is 16.5. The van der Waals surface area contributed by atoms with Crippen molar-refractivity contribution >= 4 is 21.4 Å². The number of ether oxygens (including phenoxy) is 2. The summed E-state index contributed by atoms with van der Waals surface area (Å²) in [6, 6.07) is 6.69. The second-order valence-corrected chi connectivity index (χ2v) is 9.09. The van der Waals surface area contributed by atoms with Gasteiger partial charge < -0.3 is 14.8 Å². The van der Waals surface area contributed by atoms with E-state index in [4.69, 9.17) is 4.74 Å². The molecule has 0 saturated carbocycles. The summed E-state index contributed by atoms with van der Waals surface area (Å²) >= 11 is 0. The highest BCUT2D eigenvalue weighted by Gasteiger charge is 2.34. The van der Waals surface area contributed by atoms with Crippen molar-refractivity contribution in [1.29, 1.82) is 0 Å². The lowest BCUT2D eigenvalue weighted by atomic mass is 10.1. The van der Waals surface area contributed by atoms with Crippen molar-refractivity contribution in [2.24, 2.45) is 0 Å². The topological polar surface area (TPSA) is 94.6 Å². The number of amides is 1. The van der Waals surface area contributed by atoms with E-state index in [9.17, 15) is 43.9 Å². The maximum atomic E-state index is 14.2. The zero-order valence-electron chi connectivity index (χ0n) is 17.7. The second kappa shape index (κ2) is 9.64. The summed E-state index contributed by atoms with van der Waals surface area (Å²) < 4.78 is 123. The molecule has 2 aromatic carbocycles. The van der Waals surface area contributed by atoms with Crippen molar-refractivity contribution in [2.75, 3.05) is 11.6 Å². The number of carbonyl (C=O) groups excluding carboxylic acids is 1. The van der Waals surface area contributed by atoms with Gasteiger partial charge in [0.2, 0.25) is 5.88 Å². The van der Waals surface area contributed by atoms with Gasteiger partial charge in [0.1, 0.15) is 11.3 Å². The van der Waals surface area contributed by atoms with Crippen LogP contribution in [0.25, 0.3) is 0 Å². The number of benzene rings is 2. The van der Waals surface area contributed by atoms with Gasteiger partial charge in [0.05, 0.1) is 10.5 Å². The van der Waals surface area contributed by atoms with E-state index >= 15 is 0 Å². The van der Waals surface area contributed by atoms with Crippen molar-refractivity contribution in [3.05, 3.63) is 71.7 Å². The number of aromatic nitrogens is 1. The van der Waals surface area contributed by atoms with E-state index < -0.39 is 62.6 Å². The van der Waals surface area contributed by atoms with Crippen LogP contribution in [0.3, 0.4) is 0 Å². The van der Waals surface area contributed by atoms with Crippen LogP contribution in [-0.2, 0) is 16.0 Å². The minimum absolute atomic E-state index is 0.127. The van der Waals surface area contributed by atoms with E-state index in [1.54, 1.807) is 0 Å². The Morgan fingerprint density at radius 3 is 2.31 bits per heavy atom. The van der Waals surface area contributed by atoms with E-state index in [0.29, 0.717) is 24.3 Å². The number of nitrogens with one attached hydrogen (secondary N) is 1. The molecule has 0 unspecified atom stereocenters. The van der Waals surface area contributed by atoms with Crippen LogP contribution in [0.15, 0.2) is 59.6 Å². The highest BCUT2D eigenvalue weighted by atomic mass is 32.2. The summed E-state index contributed by atoms with van der Waals surface area (Å²) in [7, 11) is -3.69. The molecule has 1 heterocycles. The fourth-order valence-corrected chi connectivity index (χ4v) is 3.38. The van der Waals surface area contributed by atoms with Gasteiger partial charge in [-0.05, 0) is 36.4 Å². The largest absolute Gasteiger partial charge is 0.573 e. The first-order valence-corrected chi connectivity index (χ1v) is 11.3. The minimum Gasteiger partial charge on any atom is -0.435 e. The van der Waals surface area contributed by atoms with Crippen molar-refractivity contribution in [3.63, 3.8) is 0 Å². The lowest BCUT2D eigenvalue weighted by Crippen LogP contribution is -2.17. The van der Waals surface area contributed by atoms with Crippen molar-refractivity contribution in [1.82, 2.24) is 4.98 Å². The number of alkyl halides is 6. The number of halogens is 7. The highest BCUT2D eigenvalue weighted by Crippen LogP contribution is 2.35. The summed E-state index contributed by atoms with van der Waals surface area (Å²) in [5, 5.41) is 2.17. The first kappa shape index (κ1) is 26.7. The lowest BCUT2D eigenvalue weighted by Gasteiger charge is -2.15. The molecule has 3 aromatic rings. The normalized spacial score (nSPS) is 12.2. The fourth-order valence-electron chi connectivity index (χ4n) is 2.72. The summed E-state index contributed by atoms with van der Waals surface area (Å²) in [6.45, 7) is 0. The molecule has 0 fully saturated rings. The molecular weight excluding hydrogens is 525 g/mol. The smallest absolute Gasteiger partial charge is 0.435 e. The van der Waals surface area contributed by atoms with Gasteiger partial charge in [-0.25, -0.2) is 17.8 Å². The molecule has 15 heteroatoms. The standard InChI is InChI=1S/C21H13F7N2O5S/c1-36(32,33)14-4-2-3-12(8-14)30-18(31)15-7-11(20(23,24)25)10-29-19(15)34-17-9-13(5-6-16(17)22)35-21(26,27)28/h2-10H,1H3,(H,30,31). The Bertz CT molecular complexity index is 1410. The molecule has 3 rings (SSSR count). The second-order valence-electron chi connectivity index (χ2n) is 7.07. The number of carbonyl (C=O) groups is 1. The Hall–Kier alpha value is -3.88. The van der Waals surface area contributed by atoms with Crippen LogP contribution in [-0.4, -0.2) is 31.9 Å². The number of anilines is 1. The van der Waals surface area contributed by atoms with Crippen LogP contribution in [0.5, 0.6) is 17.4 Å². The van der Waals surface area contributed by atoms with E-state index in [2.05, 4.69) is 15.0 Å². The molecule has 0 atom stereocenters. The van der Waals surface area contributed by atoms with Gasteiger partial charge in [-0.1, -0.05) is 6.07 Å². The average molecular weight is 538 g/mol. The molecule has 36 heavy (non-hydrogen) atoms. The minimum atomic E-state index is -5.13. The molecule has 0 aliphatic heterocycles. The monoisotopic (exact) mass is 538 g/mol. The molecule has 0 aliphatic rings. The highest BCUT2D eigenvalue weighted by molar-refractivity contribution is 7.90. The molecule has 0 spiro atoms. The van der Waals surface area contributed by atoms with Crippen LogP contribution in [0, 0.1) is 5.82 Å². The quantitative estimate of drug-likeness (QED) is 0.412. The lowest BCUT2D eigenvalue weighted by molar-refractivity contribution is -0.274. The zero-order chi connectivity index (χ0) is 26.9. The molecule has 1 amide bonds. The van der Waals surface area contributed by atoms with Crippen molar-refractivity contribution in [3.8, 4) is 17.4 Å². The summed E-state index contributed by atoms with van der Waals surface area (Å²) in [5.74, 6) is -5.23. The number of rotatable bonds is 6. The predicted molar refractivity (Wildman–Crippen MR) is 110 cm³/mol. The van der Waals surface area contributed by atoms with Gasteiger partial charge in [-0.2, -0.15) is 13.2 Å². The number of sulfone groups is 1. The van der Waals surface area contributed by atoms with Crippen molar-refractivity contribution < 1.29 is 53.4 Å². The summed E-state index contributed by atoms with van der Waals surface area (Å²) in [4.78, 5) is 16.0. The maximum absolute atomic E-state index is 14.2. The van der Waals surface area contributed by atoms with Crippen LogP contribution in [0.2, 0.25) is 0 Å². The number of hydrogen-bond acceptors (Lipinski definition) is 6. The van der Waals surface area contributed by atoms with Crippen LogP contribution < -0.4 is 14.8 Å². The SMILES string of the molecule is CS(=O)(=O)c1cccc(NC(=O)c2cc(C(F)(F)F)cnc2Oc2cc(OC(F)(F)F)ccc2F)c1. The molecular formula is C21H13F7N2O5S. The Labute approximate surface area is 198 Å². The molecule has 0 radical (unpaired) electrons. The number of hydrogen-bond donors (Lipinski definition) is 1. The Kier molecular flexibility index (Phi) is 7.15. The average Bonchev–Trinajstić information content (AvgIpc) is 2.74. The van der Waals surface area contributed by atoms with E-state index in [-0.39, 0.29) is 16.8 Å². The third-order valence-electron chi connectivity index (χ3n) is 4.29. The molecule has 0 saturated heterocycles. The van der Waals surface area contributed by atoms with E-state index in [1.807, 2.05) is 0 Å². The predicted octanol–water partition coefficient (Wildman–Crippen LogP) is 5.59. The zero-order valence-corrected chi connectivity index (χ0v) is 18.6. The molecule has 0 aliphatic carbocycles. The van der Waals surface area contributed by atoms with Crippen molar-refractivity contribution in [2.45, 2.75) is 17.4 Å². The third kappa shape index (κ3) is 6.84. The van der Waals surface area contributed by atoms with Gasteiger partial charge in [0, 0.05) is 24.2 Å². The molecule has 0 bridgehead atoms. The number of pyridine rings is 1. The summed E-state index contributed by atoms with van der Waals surface area (Å²) in [6.07, 6.45) is -8.93. The number of nitrogens with zero attached hydrogens (tertiary/aromatic N) is 1. The molecule has 192 valence electrons. The van der Waals surface area contributed by atoms with Gasteiger partial charge in [0.25, 0.3) is 5.91 Å². The maximum Gasteiger partial charge on any atom is 0.573 e. The molecule has 7 nitrogen and oxygen atoms in total. The fraction of sp³-hybridized carbons (Fsp3) is 0.143. The van der Waals surface area contributed by atoms with Gasteiger partial charge >= 0.3 is 12.5 Å². The Morgan fingerprint density at radius 1 is 1.00 bits per heavy atom. The van der Waals surface area contributed by atoms with E-state index in [0.717, 1.165) is 12.3 Å². The summed E-state index contributed by atoms with van der Waals surface area (Å²) in [5.41, 5.74) is -2.39. The third-order valence-corrected chi connectivity index (χ3v) is 5.40. The Morgan fingerprint density at radius 2 is 1.69 bits per heavy atom. The van der Waals surface area contributed by atoms with Gasteiger partial charge in [0.15, 0.2) is 21.4 Å². The Balaban J connectivity index is 2.01. The molecule has 1 N–H and O–H groups in total. The van der Waals surface area contributed by atoms with Crippen LogP contribution >= 0.6 is 0 Å². The van der Waals surface area contributed by atoms with Crippen LogP contribution in [0.1, 0.15) is 15.9 Å². The van der Waals surface area contributed by atoms with E-state index in [1.165, 1.54) is 18.2 Å². The molecule has 1 aromatic heterocycles. The van der Waals surface area contributed by atoms with Gasteiger partial charge in [-0.3, -0.25) is 4.79 Å². The van der Waals surface area contributed by atoms with Gasteiger partial charge in [-0.15, -0.1) is 13.2 Å².